The van der Waals surface area contributed by atoms with E-state index >= 15 is 0 Å². The van der Waals surface area contributed by atoms with Gasteiger partial charge in [0.2, 0.25) is 6.29 Å². The average Bonchev–Trinajstić information content (AvgIpc) is 2.34. The maximum Gasteiger partial charge on any atom is 0.226 e. The van der Waals surface area contributed by atoms with Crippen molar-refractivity contribution in [3.8, 4) is 11.5 Å². The van der Waals surface area contributed by atoms with Gasteiger partial charge in [-0.1, -0.05) is 0 Å². The van der Waals surface area contributed by atoms with Crippen LogP contribution < -0.4 is 4.74 Å². The zero-order valence-electron chi connectivity index (χ0n) is 9.56. The van der Waals surface area contributed by atoms with E-state index in [0.29, 0.717) is 12.4 Å². The molecule has 1 aromatic rings. The Labute approximate surface area is 98.9 Å². The van der Waals surface area contributed by atoms with Crippen molar-refractivity contribution in [2.75, 3.05) is 13.7 Å². The number of rotatable bonds is 3. The lowest BCUT2D eigenvalue weighted by molar-refractivity contribution is -0.179. The van der Waals surface area contributed by atoms with Gasteiger partial charge in [0.05, 0.1) is 6.61 Å². The van der Waals surface area contributed by atoms with Crippen molar-refractivity contribution in [1.29, 1.82) is 0 Å². The minimum absolute atomic E-state index is 0.152. The predicted octanol–water partition coefficient (Wildman–Crippen LogP) is 2.06. The second kappa shape index (κ2) is 5.33. The highest BCUT2D eigenvalue weighted by molar-refractivity contribution is 5.32. The molecule has 1 aliphatic rings. The van der Waals surface area contributed by atoms with Crippen LogP contribution >= 0.6 is 0 Å². The van der Waals surface area contributed by atoms with Crippen LogP contribution in [0, 0.1) is 5.82 Å². The van der Waals surface area contributed by atoms with Crippen LogP contribution in [0.2, 0.25) is 0 Å². The topological polar surface area (TPSA) is 47.9 Å². The van der Waals surface area contributed by atoms with Gasteiger partial charge in [0.15, 0.2) is 11.6 Å². The van der Waals surface area contributed by atoms with Crippen LogP contribution in [0.3, 0.4) is 0 Å². The number of halogens is 1. The van der Waals surface area contributed by atoms with Gasteiger partial charge in [-0.15, -0.1) is 0 Å². The van der Waals surface area contributed by atoms with Crippen LogP contribution in [0.4, 0.5) is 4.39 Å². The van der Waals surface area contributed by atoms with Gasteiger partial charge in [-0.3, -0.25) is 0 Å². The van der Waals surface area contributed by atoms with Crippen LogP contribution in [0.15, 0.2) is 18.2 Å². The first-order valence-corrected chi connectivity index (χ1v) is 5.50. The van der Waals surface area contributed by atoms with Gasteiger partial charge in [0.1, 0.15) is 11.9 Å². The Kier molecular flexibility index (Phi) is 3.81. The summed E-state index contributed by atoms with van der Waals surface area (Å²) in [4.78, 5) is 0. The molecule has 0 aromatic heterocycles. The fraction of sp³-hybridized carbons (Fsp3) is 0.500. The van der Waals surface area contributed by atoms with E-state index in [1.807, 2.05) is 0 Å². The molecule has 1 saturated heterocycles. The van der Waals surface area contributed by atoms with E-state index in [1.54, 1.807) is 7.11 Å². The molecule has 2 atom stereocenters. The van der Waals surface area contributed by atoms with Crippen molar-refractivity contribution in [3.63, 3.8) is 0 Å². The summed E-state index contributed by atoms with van der Waals surface area (Å²) >= 11 is 0. The number of hydrogen-bond acceptors (Lipinski definition) is 4. The Hall–Kier alpha value is -1.33. The lowest BCUT2D eigenvalue weighted by Gasteiger charge is -2.30. The number of hydrogen-bond donors (Lipinski definition) is 1. The van der Waals surface area contributed by atoms with Crippen LogP contribution in [-0.4, -0.2) is 31.2 Å². The van der Waals surface area contributed by atoms with Crippen molar-refractivity contribution < 1.29 is 23.7 Å². The van der Waals surface area contributed by atoms with Gasteiger partial charge in [-0.2, -0.15) is 0 Å². The molecule has 4 nitrogen and oxygen atoms in total. The molecule has 1 aliphatic heterocycles. The van der Waals surface area contributed by atoms with E-state index in [-0.39, 0.29) is 6.10 Å². The van der Waals surface area contributed by atoms with Crippen molar-refractivity contribution in [2.24, 2.45) is 0 Å². The molecule has 0 amide bonds. The van der Waals surface area contributed by atoms with Gasteiger partial charge in [-0.25, -0.2) is 4.39 Å². The summed E-state index contributed by atoms with van der Waals surface area (Å²) in [6, 6.07) is 3.86. The fourth-order valence-corrected chi connectivity index (χ4v) is 1.76. The first-order chi connectivity index (χ1) is 8.20. The molecule has 5 heteroatoms. The number of phenols is 1. The average molecular weight is 242 g/mol. The summed E-state index contributed by atoms with van der Waals surface area (Å²) in [5.41, 5.74) is 0. The van der Waals surface area contributed by atoms with Crippen LogP contribution in [0.1, 0.15) is 12.8 Å². The molecule has 1 fully saturated rings. The molecular formula is C12H15FO4. The summed E-state index contributed by atoms with van der Waals surface area (Å²) in [6.45, 7) is 0.602. The van der Waals surface area contributed by atoms with E-state index in [9.17, 15) is 4.39 Å². The zero-order valence-corrected chi connectivity index (χ0v) is 9.56. The first kappa shape index (κ1) is 12.1. The molecule has 0 aliphatic carbocycles. The highest BCUT2D eigenvalue weighted by Crippen LogP contribution is 2.25. The monoisotopic (exact) mass is 242 g/mol. The van der Waals surface area contributed by atoms with Crippen LogP contribution in [0.25, 0.3) is 0 Å². The first-order valence-electron chi connectivity index (χ1n) is 5.50. The second-order valence-corrected chi connectivity index (χ2v) is 3.89. The second-order valence-electron chi connectivity index (χ2n) is 3.89. The normalized spacial score (nSPS) is 24.6. The summed E-state index contributed by atoms with van der Waals surface area (Å²) in [7, 11) is 1.59. The molecule has 1 N–H and O–H groups in total. The lowest BCUT2D eigenvalue weighted by Crippen LogP contribution is -2.39. The number of aromatic hydroxyl groups is 1. The van der Waals surface area contributed by atoms with Gasteiger partial charge < -0.3 is 19.3 Å². The number of benzene rings is 1. The SMILES string of the molecule is COC1CCCOC1Oc1ccc(O)c(F)c1. The molecule has 2 unspecified atom stereocenters. The Bertz CT molecular complexity index is 383. The third-order valence-electron chi connectivity index (χ3n) is 2.69. The molecule has 0 bridgehead atoms. The lowest BCUT2D eigenvalue weighted by atomic mass is 10.1. The minimum atomic E-state index is -0.715. The van der Waals surface area contributed by atoms with E-state index in [0.717, 1.165) is 18.9 Å². The maximum absolute atomic E-state index is 13.1. The summed E-state index contributed by atoms with van der Waals surface area (Å²) < 4.78 is 29.3. The smallest absolute Gasteiger partial charge is 0.226 e. The van der Waals surface area contributed by atoms with Gasteiger partial charge in [0.25, 0.3) is 0 Å². The quantitative estimate of drug-likeness (QED) is 0.881. The Morgan fingerprint density at radius 2 is 2.29 bits per heavy atom. The number of ether oxygens (including phenoxy) is 3. The Morgan fingerprint density at radius 1 is 1.47 bits per heavy atom. The predicted molar refractivity (Wildman–Crippen MR) is 58.5 cm³/mol. The van der Waals surface area contributed by atoms with Crippen molar-refractivity contribution in [3.05, 3.63) is 24.0 Å². The zero-order chi connectivity index (χ0) is 12.3. The molecular weight excluding hydrogens is 227 g/mol. The molecule has 0 saturated carbocycles. The van der Waals surface area contributed by atoms with Crippen LogP contribution in [-0.2, 0) is 9.47 Å². The standard InChI is InChI=1S/C12H15FO4/c1-15-11-3-2-6-16-12(11)17-8-4-5-10(14)9(13)7-8/h4-5,7,11-12,14H,2-3,6H2,1H3. The van der Waals surface area contributed by atoms with E-state index in [2.05, 4.69) is 0 Å². The Balaban J connectivity index is 2.05. The summed E-state index contributed by atoms with van der Waals surface area (Å²) in [5, 5.41) is 9.06. The molecule has 17 heavy (non-hydrogen) atoms. The largest absolute Gasteiger partial charge is 0.505 e. The number of phenolic OH excluding ortho intramolecular Hbond substituents is 1. The van der Waals surface area contributed by atoms with Crippen molar-refractivity contribution in [1.82, 2.24) is 0 Å². The van der Waals surface area contributed by atoms with Crippen molar-refractivity contribution >= 4 is 0 Å². The van der Waals surface area contributed by atoms with Crippen LogP contribution in [0.5, 0.6) is 11.5 Å². The van der Waals surface area contributed by atoms with E-state index in [4.69, 9.17) is 19.3 Å². The van der Waals surface area contributed by atoms with Gasteiger partial charge in [0, 0.05) is 13.2 Å². The summed E-state index contributed by atoms with van der Waals surface area (Å²) in [6.07, 6.45) is 1.09. The molecule has 1 aromatic carbocycles. The third kappa shape index (κ3) is 2.87. The third-order valence-corrected chi connectivity index (χ3v) is 2.69. The molecule has 2 rings (SSSR count). The van der Waals surface area contributed by atoms with Gasteiger partial charge in [-0.05, 0) is 25.0 Å². The fourth-order valence-electron chi connectivity index (χ4n) is 1.76. The highest BCUT2D eigenvalue weighted by Gasteiger charge is 2.27. The minimum Gasteiger partial charge on any atom is -0.505 e. The molecule has 0 spiro atoms. The van der Waals surface area contributed by atoms with Gasteiger partial charge >= 0.3 is 0 Å². The summed E-state index contributed by atoms with van der Waals surface area (Å²) in [5.74, 6) is -0.799. The highest BCUT2D eigenvalue weighted by atomic mass is 19.1. The Morgan fingerprint density at radius 3 is 3.00 bits per heavy atom. The van der Waals surface area contributed by atoms with Crippen molar-refractivity contribution in [2.45, 2.75) is 25.2 Å². The number of methoxy groups -OCH3 is 1. The molecule has 0 radical (unpaired) electrons. The van der Waals surface area contributed by atoms with E-state index in [1.165, 1.54) is 12.1 Å². The molecule has 94 valence electrons. The molecule has 1 heterocycles. The maximum atomic E-state index is 13.1. The van der Waals surface area contributed by atoms with E-state index < -0.39 is 17.9 Å².